The second kappa shape index (κ2) is 8.64. The second-order valence-corrected chi connectivity index (χ2v) is 5.98. The summed E-state index contributed by atoms with van der Waals surface area (Å²) in [6, 6.07) is 0. The van der Waals surface area contributed by atoms with Gasteiger partial charge in [0.1, 0.15) is 0 Å². The summed E-state index contributed by atoms with van der Waals surface area (Å²) in [6.45, 7) is 1.63. The molecular formula is C15H26N2O4. The van der Waals surface area contributed by atoms with Crippen molar-refractivity contribution in [2.24, 2.45) is 11.8 Å². The lowest BCUT2D eigenvalue weighted by molar-refractivity contribution is -0.142. The van der Waals surface area contributed by atoms with Gasteiger partial charge in [0.15, 0.2) is 0 Å². The van der Waals surface area contributed by atoms with Crippen LogP contribution in [0.15, 0.2) is 0 Å². The number of hydrogen-bond donors (Lipinski definition) is 2. The van der Waals surface area contributed by atoms with Crippen LogP contribution >= 0.6 is 0 Å². The van der Waals surface area contributed by atoms with Crippen molar-refractivity contribution >= 4 is 17.8 Å². The van der Waals surface area contributed by atoms with Gasteiger partial charge in [-0.05, 0) is 12.3 Å². The summed E-state index contributed by atoms with van der Waals surface area (Å²) >= 11 is 0. The number of hydrogen-bond acceptors (Lipinski definition) is 3. The maximum atomic E-state index is 11.8. The van der Waals surface area contributed by atoms with E-state index in [9.17, 15) is 14.4 Å². The van der Waals surface area contributed by atoms with Crippen LogP contribution in [0.3, 0.4) is 0 Å². The molecule has 120 valence electrons. The van der Waals surface area contributed by atoms with Gasteiger partial charge in [-0.25, -0.2) is 0 Å². The quantitative estimate of drug-likeness (QED) is 0.706. The zero-order valence-electron chi connectivity index (χ0n) is 12.9. The van der Waals surface area contributed by atoms with Crippen LogP contribution in [-0.2, 0) is 14.4 Å². The number of amides is 2. The average Bonchev–Trinajstić information content (AvgIpc) is 2.95. The van der Waals surface area contributed by atoms with Gasteiger partial charge in [-0.2, -0.15) is 0 Å². The Kier molecular flexibility index (Phi) is 7.19. The van der Waals surface area contributed by atoms with Gasteiger partial charge in [0, 0.05) is 20.0 Å². The highest BCUT2D eigenvalue weighted by molar-refractivity contribution is 5.84. The van der Waals surface area contributed by atoms with Crippen LogP contribution in [0.5, 0.6) is 0 Å². The molecule has 0 radical (unpaired) electrons. The van der Waals surface area contributed by atoms with Crippen LogP contribution in [0.1, 0.15) is 45.4 Å². The fourth-order valence-corrected chi connectivity index (χ4v) is 2.62. The molecule has 0 aromatic heterocycles. The Morgan fingerprint density at radius 3 is 2.48 bits per heavy atom. The molecule has 1 unspecified atom stereocenters. The van der Waals surface area contributed by atoms with Gasteiger partial charge in [0.2, 0.25) is 11.8 Å². The molecule has 1 rings (SSSR count). The van der Waals surface area contributed by atoms with Crippen LogP contribution in [0, 0.1) is 11.8 Å². The third-order valence-corrected chi connectivity index (χ3v) is 4.09. The summed E-state index contributed by atoms with van der Waals surface area (Å²) in [5, 5.41) is 11.4. The van der Waals surface area contributed by atoms with Crippen molar-refractivity contribution in [1.82, 2.24) is 10.2 Å². The van der Waals surface area contributed by atoms with Crippen molar-refractivity contribution in [3.8, 4) is 0 Å². The number of likely N-dealkylation sites (N-methyl/N-ethyl adjacent to an activating group) is 1. The molecule has 0 aromatic rings. The van der Waals surface area contributed by atoms with E-state index in [-0.39, 0.29) is 24.9 Å². The molecule has 0 aliphatic heterocycles. The largest absolute Gasteiger partial charge is 0.481 e. The lowest BCUT2D eigenvalue weighted by atomic mass is 10.0. The summed E-state index contributed by atoms with van der Waals surface area (Å²) in [4.78, 5) is 35.5. The average molecular weight is 298 g/mol. The molecule has 0 aromatic carbocycles. The van der Waals surface area contributed by atoms with Gasteiger partial charge in [-0.15, -0.1) is 0 Å². The smallest absolute Gasteiger partial charge is 0.308 e. The Morgan fingerprint density at radius 1 is 1.29 bits per heavy atom. The molecule has 21 heavy (non-hydrogen) atoms. The fraction of sp³-hybridized carbons (Fsp3) is 0.800. The second-order valence-electron chi connectivity index (χ2n) is 5.98. The topological polar surface area (TPSA) is 86.7 Å². The standard InChI is InChI=1S/C15H26N2O4/c1-11(15(20)21)10-17(2)14(19)9-16-13(18)8-7-12-5-3-4-6-12/h11-12H,3-10H2,1-2H3,(H,16,18)(H,20,21). The van der Waals surface area contributed by atoms with E-state index in [4.69, 9.17) is 5.11 Å². The molecule has 1 saturated carbocycles. The van der Waals surface area contributed by atoms with Crippen molar-refractivity contribution in [3.05, 3.63) is 0 Å². The number of carboxylic acid groups (broad SMARTS) is 1. The summed E-state index contributed by atoms with van der Waals surface area (Å²) in [6.07, 6.45) is 6.30. The van der Waals surface area contributed by atoms with Gasteiger partial charge >= 0.3 is 5.97 Å². The minimum absolute atomic E-state index is 0.0632. The first-order valence-corrected chi connectivity index (χ1v) is 7.63. The molecule has 1 fully saturated rings. The van der Waals surface area contributed by atoms with E-state index in [1.807, 2.05) is 0 Å². The zero-order chi connectivity index (χ0) is 15.8. The number of nitrogens with zero attached hydrogens (tertiary/aromatic N) is 1. The molecule has 0 spiro atoms. The van der Waals surface area contributed by atoms with Crippen LogP contribution in [0.4, 0.5) is 0 Å². The first-order valence-electron chi connectivity index (χ1n) is 7.63. The maximum Gasteiger partial charge on any atom is 0.308 e. The molecule has 1 atom stereocenters. The zero-order valence-corrected chi connectivity index (χ0v) is 12.9. The van der Waals surface area contributed by atoms with E-state index in [0.717, 1.165) is 6.42 Å². The third-order valence-electron chi connectivity index (χ3n) is 4.09. The summed E-state index contributed by atoms with van der Waals surface area (Å²) in [7, 11) is 1.55. The number of carbonyl (C=O) groups is 3. The summed E-state index contributed by atoms with van der Waals surface area (Å²) in [5.74, 6) is -1.26. The van der Waals surface area contributed by atoms with E-state index < -0.39 is 11.9 Å². The van der Waals surface area contributed by atoms with Gasteiger partial charge in [-0.1, -0.05) is 32.6 Å². The van der Waals surface area contributed by atoms with E-state index in [1.165, 1.54) is 30.6 Å². The Morgan fingerprint density at radius 2 is 1.90 bits per heavy atom. The van der Waals surface area contributed by atoms with Crippen LogP contribution in [0.25, 0.3) is 0 Å². The molecule has 1 aliphatic rings. The van der Waals surface area contributed by atoms with E-state index in [0.29, 0.717) is 12.3 Å². The highest BCUT2D eigenvalue weighted by Crippen LogP contribution is 2.28. The molecule has 6 heteroatoms. The summed E-state index contributed by atoms with van der Waals surface area (Å²) in [5.41, 5.74) is 0. The molecule has 0 bridgehead atoms. The van der Waals surface area contributed by atoms with Crippen LogP contribution in [-0.4, -0.2) is 47.9 Å². The van der Waals surface area contributed by atoms with Gasteiger partial charge in [0.25, 0.3) is 0 Å². The highest BCUT2D eigenvalue weighted by Gasteiger charge is 2.19. The molecular weight excluding hydrogens is 272 g/mol. The Hall–Kier alpha value is -1.59. The van der Waals surface area contributed by atoms with Crippen molar-refractivity contribution < 1.29 is 19.5 Å². The maximum absolute atomic E-state index is 11.8. The van der Waals surface area contributed by atoms with Crippen molar-refractivity contribution in [2.75, 3.05) is 20.1 Å². The van der Waals surface area contributed by atoms with Crippen LogP contribution < -0.4 is 5.32 Å². The molecule has 6 nitrogen and oxygen atoms in total. The molecule has 1 aliphatic carbocycles. The molecule has 2 amide bonds. The van der Waals surface area contributed by atoms with Gasteiger partial charge in [-0.3, -0.25) is 14.4 Å². The lowest BCUT2D eigenvalue weighted by Gasteiger charge is -2.19. The normalized spacial score (nSPS) is 16.5. The number of carbonyl (C=O) groups excluding carboxylic acids is 2. The number of rotatable bonds is 8. The lowest BCUT2D eigenvalue weighted by Crippen LogP contribution is -2.40. The Balaban J connectivity index is 2.18. The number of carboxylic acids is 1. The van der Waals surface area contributed by atoms with Crippen molar-refractivity contribution in [1.29, 1.82) is 0 Å². The van der Waals surface area contributed by atoms with Gasteiger partial charge < -0.3 is 15.3 Å². The van der Waals surface area contributed by atoms with Crippen molar-refractivity contribution in [3.63, 3.8) is 0 Å². The molecule has 2 N–H and O–H groups in total. The Bertz CT molecular complexity index is 378. The van der Waals surface area contributed by atoms with Crippen LogP contribution in [0.2, 0.25) is 0 Å². The van der Waals surface area contributed by atoms with E-state index in [2.05, 4.69) is 5.32 Å². The SMILES string of the molecule is CC(CN(C)C(=O)CNC(=O)CCC1CCCC1)C(=O)O. The monoisotopic (exact) mass is 298 g/mol. The third kappa shape index (κ3) is 6.60. The molecule has 0 heterocycles. The fourth-order valence-electron chi connectivity index (χ4n) is 2.62. The van der Waals surface area contributed by atoms with E-state index in [1.54, 1.807) is 14.0 Å². The minimum atomic E-state index is -0.935. The minimum Gasteiger partial charge on any atom is -0.481 e. The Labute approximate surface area is 125 Å². The predicted molar refractivity (Wildman–Crippen MR) is 78.6 cm³/mol. The first kappa shape index (κ1) is 17.5. The number of nitrogens with one attached hydrogen (secondary N) is 1. The predicted octanol–water partition coefficient (Wildman–Crippen LogP) is 1.25. The van der Waals surface area contributed by atoms with Crippen molar-refractivity contribution in [2.45, 2.75) is 45.4 Å². The summed E-state index contributed by atoms with van der Waals surface area (Å²) < 4.78 is 0. The highest BCUT2D eigenvalue weighted by atomic mass is 16.4. The first-order chi connectivity index (χ1) is 9.90. The number of aliphatic carboxylic acids is 1. The van der Waals surface area contributed by atoms with E-state index >= 15 is 0 Å². The van der Waals surface area contributed by atoms with Gasteiger partial charge in [0.05, 0.1) is 12.5 Å². The molecule has 0 saturated heterocycles.